The van der Waals surface area contributed by atoms with Crippen molar-refractivity contribution in [3.63, 3.8) is 0 Å². The highest BCUT2D eigenvalue weighted by Gasteiger charge is 2.44. The first-order valence-electron chi connectivity index (χ1n) is 10.0. The summed E-state index contributed by atoms with van der Waals surface area (Å²) in [6.45, 7) is 6.88. The standard InChI is InChI=1S/C22H24N6O2/c1-16-3-5-19(6-4-16)28-17(2)21(29)27(22(28)30)15-25-9-11-26(12-10-25)20-13-18(14-23)7-8-24-20/h3-8,13,17H,9-12,15H2,1-2H3. The second-order valence-electron chi connectivity index (χ2n) is 7.69. The van der Waals surface area contributed by atoms with Crippen molar-refractivity contribution in [2.75, 3.05) is 42.6 Å². The zero-order valence-corrected chi connectivity index (χ0v) is 17.2. The van der Waals surface area contributed by atoms with Crippen molar-refractivity contribution in [1.29, 1.82) is 5.26 Å². The number of benzene rings is 1. The van der Waals surface area contributed by atoms with Gasteiger partial charge in [-0.1, -0.05) is 17.7 Å². The van der Waals surface area contributed by atoms with Gasteiger partial charge in [-0.3, -0.25) is 14.6 Å². The molecule has 0 saturated carbocycles. The van der Waals surface area contributed by atoms with Crippen LogP contribution in [0.5, 0.6) is 0 Å². The quantitative estimate of drug-likeness (QED) is 0.727. The van der Waals surface area contributed by atoms with E-state index in [1.807, 2.05) is 31.2 Å². The van der Waals surface area contributed by atoms with Crippen molar-refractivity contribution in [2.24, 2.45) is 0 Å². The Morgan fingerprint density at radius 1 is 1.10 bits per heavy atom. The number of amides is 3. The van der Waals surface area contributed by atoms with Crippen LogP contribution in [0.15, 0.2) is 42.6 Å². The first-order valence-corrected chi connectivity index (χ1v) is 10.0. The normalized spacial score (nSPS) is 20.0. The summed E-state index contributed by atoms with van der Waals surface area (Å²) in [5.74, 6) is 0.604. The molecule has 2 aliphatic heterocycles. The Labute approximate surface area is 175 Å². The minimum Gasteiger partial charge on any atom is -0.354 e. The Bertz CT molecular complexity index is 991. The Kier molecular flexibility index (Phi) is 5.38. The van der Waals surface area contributed by atoms with Crippen LogP contribution < -0.4 is 9.80 Å². The lowest BCUT2D eigenvalue weighted by molar-refractivity contribution is -0.128. The van der Waals surface area contributed by atoms with E-state index in [1.54, 1.807) is 30.2 Å². The van der Waals surface area contributed by atoms with Crippen molar-refractivity contribution in [1.82, 2.24) is 14.8 Å². The van der Waals surface area contributed by atoms with Gasteiger partial charge in [-0.15, -0.1) is 0 Å². The lowest BCUT2D eigenvalue weighted by atomic mass is 10.2. The van der Waals surface area contributed by atoms with E-state index < -0.39 is 6.04 Å². The zero-order chi connectivity index (χ0) is 21.3. The molecule has 1 atom stereocenters. The summed E-state index contributed by atoms with van der Waals surface area (Å²) in [6, 6.07) is 12.4. The van der Waals surface area contributed by atoms with Crippen LogP contribution in [0.4, 0.5) is 16.3 Å². The molecular weight excluding hydrogens is 380 g/mol. The number of anilines is 2. The van der Waals surface area contributed by atoms with Gasteiger partial charge in [-0.05, 0) is 38.1 Å². The number of piperazine rings is 1. The molecule has 0 aliphatic carbocycles. The number of rotatable bonds is 4. The van der Waals surface area contributed by atoms with E-state index in [0.717, 1.165) is 30.2 Å². The van der Waals surface area contributed by atoms with Crippen LogP contribution in [-0.4, -0.2) is 65.6 Å². The van der Waals surface area contributed by atoms with Gasteiger partial charge in [-0.2, -0.15) is 5.26 Å². The molecule has 154 valence electrons. The van der Waals surface area contributed by atoms with Gasteiger partial charge in [0, 0.05) is 38.1 Å². The van der Waals surface area contributed by atoms with Crippen molar-refractivity contribution in [3.05, 3.63) is 53.7 Å². The summed E-state index contributed by atoms with van der Waals surface area (Å²) >= 11 is 0. The van der Waals surface area contributed by atoms with E-state index in [0.29, 0.717) is 18.7 Å². The monoisotopic (exact) mass is 404 g/mol. The highest BCUT2D eigenvalue weighted by molar-refractivity contribution is 6.14. The fraction of sp³-hybridized carbons (Fsp3) is 0.364. The molecule has 1 unspecified atom stereocenters. The number of carbonyl (C=O) groups excluding carboxylic acids is 2. The van der Waals surface area contributed by atoms with Crippen molar-refractivity contribution in [2.45, 2.75) is 19.9 Å². The van der Waals surface area contributed by atoms with Crippen LogP contribution in [0, 0.1) is 18.3 Å². The van der Waals surface area contributed by atoms with Gasteiger partial charge in [0.1, 0.15) is 11.9 Å². The predicted molar refractivity (Wildman–Crippen MR) is 113 cm³/mol. The number of nitrogens with zero attached hydrogens (tertiary/aromatic N) is 6. The zero-order valence-electron chi connectivity index (χ0n) is 17.2. The average Bonchev–Trinajstić information content (AvgIpc) is 2.98. The van der Waals surface area contributed by atoms with Gasteiger partial charge in [0.15, 0.2) is 0 Å². The fourth-order valence-electron chi connectivity index (χ4n) is 3.87. The Morgan fingerprint density at radius 3 is 2.47 bits per heavy atom. The SMILES string of the molecule is Cc1ccc(N2C(=O)N(CN3CCN(c4cc(C#N)ccn4)CC3)C(=O)C2C)cc1. The largest absolute Gasteiger partial charge is 0.354 e. The molecule has 8 nitrogen and oxygen atoms in total. The molecule has 0 N–H and O–H groups in total. The predicted octanol–water partition coefficient (Wildman–Crippen LogP) is 2.20. The van der Waals surface area contributed by atoms with Crippen molar-refractivity contribution < 1.29 is 9.59 Å². The van der Waals surface area contributed by atoms with E-state index >= 15 is 0 Å². The van der Waals surface area contributed by atoms with E-state index in [9.17, 15) is 9.59 Å². The van der Waals surface area contributed by atoms with Gasteiger partial charge >= 0.3 is 6.03 Å². The number of hydrogen-bond donors (Lipinski definition) is 0. The average molecular weight is 404 g/mol. The Morgan fingerprint density at radius 2 is 1.80 bits per heavy atom. The van der Waals surface area contributed by atoms with E-state index in [2.05, 4.69) is 20.9 Å². The highest BCUT2D eigenvalue weighted by atomic mass is 16.2. The first kappa shape index (κ1) is 19.9. The van der Waals surface area contributed by atoms with Gasteiger partial charge < -0.3 is 4.90 Å². The highest BCUT2D eigenvalue weighted by Crippen LogP contribution is 2.26. The number of urea groups is 1. The van der Waals surface area contributed by atoms with Gasteiger partial charge in [0.25, 0.3) is 5.91 Å². The van der Waals surface area contributed by atoms with Gasteiger partial charge in [0.05, 0.1) is 18.3 Å². The molecule has 2 aliphatic rings. The summed E-state index contributed by atoms with van der Waals surface area (Å²) in [7, 11) is 0. The molecule has 2 aromatic rings. The van der Waals surface area contributed by atoms with Crippen LogP contribution in [0.1, 0.15) is 18.1 Å². The Balaban J connectivity index is 1.40. The van der Waals surface area contributed by atoms with Crippen LogP contribution in [0.25, 0.3) is 0 Å². The molecule has 1 aromatic heterocycles. The maximum absolute atomic E-state index is 13.0. The molecular formula is C22H24N6O2. The third kappa shape index (κ3) is 3.72. The van der Waals surface area contributed by atoms with Crippen LogP contribution in [0.2, 0.25) is 0 Å². The van der Waals surface area contributed by atoms with E-state index in [-0.39, 0.29) is 18.6 Å². The molecule has 3 amide bonds. The van der Waals surface area contributed by atoms with E-state index in [1.165, 1.54) is 4.90 Å². The van der Waals surface area contributed by atoms with Gasteiger partial charge in [0.2, 0.25) is 0 Å². The van der Waals surface area contributed by atoms with Crippen molar-refractivity contribution in [3.8, 4) is 6.07 Å². The molecule has 0 radical (unpaired) electrons. The summed E-state index contributed by atoms with van der Waals surface area (Å²) in [5.41, 5.74) is 2.43. The smallest absolute Gasteiger partial charge is 0.333 e. The van der Waals surface area contributed by atoms with Crippen LogP contribution >= 0.6 is 0 Å². The number of pyridine rings is 1. The second-order valence-corrected chi connectivity index (χ2v) is 7.69. The van der Waals surface area contributed by atoms with Gasteiger partial charge in [-0.25, -0.2) is 14.7 Å². The second kappa shape index (κ2) is 8.13. The van der Waals surface area contributed by atoms with E-state index in [4.69, 9.17) is 5.26 Å². The van der Waals surface area contributed by atoms with Crippen LogP contribution in [0.3, 0.4) is 0 Å². The molecule has 30 heavy (non-hydrogen) atoms. The summed E-state index contributed by atoms with van der Waals surface area (Å²) in [4.78, 5) is 37.3. The molecule has 0 bridgehead atoms. The summed E-state index contributed by atoms with van der Waals surface area (Å²) < 4.78 is 0. The lowest BCUT2D eigenvalue weighted by Gasteiger charge is -2.36. The minimum atomic E-state index is -0.514. The summed E-state index contributed by atoms with van der Waals surface area (Å²) in [5, 5.41) is 9.07. The minimum absolute atomic E-state index is 0.175. The molecule has 2 saturated heterocycles. The number of aromatic nitrogens is 1. The molecule has 2 fully saturated rings. The number of nitriles is 1. The molecule has 0 spiro atoms. The third-order valence-corrected chi connectivity index (χ3v) is 5.67. The molecule has 1 aromatic carbocycles. The number of carbonyl (C=O) groups is 2. The lowest BCUT2D eigenvalue weighted by Crippen LogP contribution is -2.51. The first-order chi connectivity index (χ1) is 14.5. The topological polar surface area (TPSA) is 83.8 Å². The summed E-state index contributed by atoms with van der Waals surface area (Å²) in [6.07, 6.45) is 1.64. The fourth-order valence-corrected chi connectivity index (χ4v) is 3.87. The molecule has 4 rings (SSSR count). The maximum Gasteiger partial charge on any atom is 0.333 e. The van der Waals surface area contributed by atoms with Crippen molar-refractivity contribution >= 4 is 23.4 Å². The van der Waals surface area contributed by atoms with Crippen LogP contribution in [-0.2, 0) is 4.79 Å². The Hall–Kier alpha value is -3.44. The number of aryl methyl sites for hydroxylation is 1. The number of imide groups is 1. The third-order valence-electron chi connectivity index (χ3n) is 5.67. The molecule has 8 heteroatoms. The number of hydrogen-bond acceptors (Lipinski definition) is 6. The molecule has 3 heterocycles. The maximum atomic E-state index is 13.0.